The van der Waals surface area contributed by atoms with E-state index in [4.69, 9.17) is 0 Å². The highest BCUT2D eigenvalue weighted by molar-refractivity contribution is 5.74. The Morgan fingerprint density at radius 1 is 1.26 bits per heavy atom. The van der Waals surface area contributed by atoms with Crippen LogP contribution in [-0.2, 0) is 6.54 Å². The number of aromatic nitrogens is 3. The third-order valence-electron chi connectivity index (χ3n) is 3.66. The van der Waals surface area contributed by atoms with Gasteiger partial charge in [-0.2, -0.15) is 0 Å². The van der Waals surface area contributed by atoms with Crippen molar-refractivity contribution in [1.82, 2.24) is 20.3 Å². The molecule has 0 radical (unpaired) electrons. The summed E-state index contributed by atoms with van der Waals surface area (Å²) >= 11 is 0. The Morgan fingerprint density at radius 2 is 2.11 bits per heavy atom. The van der Waals surface area contributed by atoms with Gasteiger partial charge < -0.3 is 5.32 Å². The van der Waals surface area contributed by atoms with Gasteiger partial charge in [0.25, 0.3) is 0 Å². The van der Waals surface area contributed by atoms with Crippen LogP contribution in [0.4, 0.5) is 8.78 Å². The molecule has 1 aliphatic heterocycles. The first kappa shape index (κ1) is 12.5. The number of hydrogen-bond donors (Lipinski definition) is 1. The van der Waals surface area contributed by atoms with E-state index in [1.807, 2.05) is 0 Å². The van der Waals surface area contributed by atoms with Gasteiger partial charge in [0.15, 0.2) is 11.6 Å². The van der Waals surface area contributed by atoms with E-state index in [1.165, 1.54) is 18.9 Å². The number of nitrogens with one attached hydrogen (secondary N) is 1. The Hall–Kier alpha value is -1.56. The second-order valence-corrected chi connectivity index (χ2v) is 5.00. The molecular formula is C13H16F2N4. The molecule has 3 rings (SSSR count). The third-order valence-corrected chi connectivity index (χ3v) is 3.66. The molecule has 1 saturated heterocycles. The molecule has 1 N–H and O–H groups in total. The number of hydrogen-bond acceptors (Lipinski definition) is 3. The van der Waals surface area contributed by atoms with Crippen molar-refractivity contribution in [3.63, 3.8) is 0 Å². The van der Waals surface area contributed by atoms with Crippen LogP contribution in [0.2, 0.25) is 0 Å². The Kier molecular flexibility index (Phi) is 3.42. The van der Waals surface area contributed by atoms with Crippen molar-refractivity contribution in [2.45, 2.75) is 38.3 Å². The minimum Gasteiger partial charge on any atom is -0.314 e. The molecule has 4 nitrogen and oxygen atoms in total. The van der Waals surface area contributed by atoms with Crippen LogP contribution in [0.5, 0.6) is 0 Å². The number of aryl methyl sites for hydroxylation is 1. The average Bonchev–Trinajstić information content (AvgIpc) is 2.80. The van der Waals surface area contributed by atoms with E-state index >= 15 is 0 Å². The smallest absolute Gasteiger partial charge is 0.161 e. The lowest BCUT2D eigenvalue weighted by molar-refractivity contribution is 0.361. The van der Waals surface area contributed by atoms with Crippen molar-refractivity contribution in [3.05, 3.63) is 23.8 Å². The number of nitrogens with zero attached hydrogens (tertiary/aromatic N) is 3. The molecule has 0 bridgehead atoms. The van der Waals surface area contributed by atoms with Gasteiger partial charge in [0.2, 0.25) is 0 Å². The fourth-order valence-corrected chi connectivity index (χ4v) is 2.58. The van der Waals surface area contributed by atoms with Crippen LogP contribution >= 0.6 is 0 Å². The molecule has 102 valence electrons. The maximum absolute atomic E-state index is 13.2. The lowest BCUT2D eigenvalue weighted by atomic mass is 10.0. The summed E-state index contributed by atoms with van der Waals surface area (Å²) in [5, 5.41) is 11.3. The normalized spacial score (nSPS) is 20.0. The van der Waals surface area contributed by atoms with Crippen LogP contribution in [0.25, 0.3) is 11.0 Å². The SMILES string of the molecule is Fc1cc2nnn(CCC3CCCCN3)c2cc1F. The second kappa shape index (κ2) is 5.21. The van der Waals surface area contributed by atoms with Crippen molar-refractivity contribution in [2.75, 3.05) is 6.54 Å². The van der Waals surface area contributed by atoms with E-state index in [-0.39, 0.29) is 0 Å². The minimum absolute atomic E-state index is 0.399. The molecule has 1 fully saturated rings. The highest BCUT2D eigenvalue weighted by Crippen LogP contribution is 2.17. The standard InChI is InChI=1S/C13H16F2N4/c14-10-7-12-13(8-11(10)15)19(18-17-12)6-4-9-3-1-2-5-16-9/h7-9,16H,1-6H2. The summed E-state index contributed by atoms with van der Waals surface area (Å²) in [5.74, 6) is -1.74. The van der Waals surface area contributed by atoms with E-state index in [1.54, 1.807) is 4.68 Å². The van der Waals surface area contributed by atoms with Crippen molar-refractivity contribution in [3.8, 4) is 0 Å². The molecule has 6 heteroatoms. The number of piperidine rings is 1. The van der Waals surface area contributed by atoms with E-state index in [0.717, 1.165) is 25.5 Å². The van der Waals surface area contributed by atoms with Crippen LogP contribution in [0.15, 0.2) is 12.1 Å². The molecule has 1 aromatic carbocycles. The van der Waals surface area contributed by atoms with E-state index in [0.29, 0.717) is 23.6 Å². The molecule has 1 unspecified atom stereocenters. The van der Waals surface area contributed by atoms with Gasteiger partial charge in [0.1, 0.15) is 5.52 Å². The molecular weight excluding hydrogens is 250 g/mol. The molecule has 0 aliphatic carbocycles. The molecule has 0 spiro atoms. The van der Waals surface area contributed by atoms with Gasteiger partial charge in [-0.1, -0.05) is 11.6 Å². The zero-order valence-corrected chi connectivity index (χ0v) is 10.6. The topological polar surface area (TPSA) is 42.7 Å². The van der Waals surface area contributed by atoms with Gasteiger partial charge >= 0.3 is 0 Å². The van der Waals surface area contributed by atoms with Gasteiger partial charge in [-0.05, 0) is 25.8 Å². The summed E-state index contributed by atoms with van der Waals surface area (Å²) in [6.07, 6.45) is 4.57. The van der Waals surface area contributed by atoms with Crippen LogP contribution in [0, 0.1) is 11.6 Å². The summed E-state index contributed by atoms with van der Waals surface area (Å²) in [5.41, 5.74) is 0.949. The summed E-state index contributed by atoms with van der Waals surface area (Å²) < 4.78 is 28.0. The fourth-order valence-electron chi connectivity index (χ4n) is 2.58. The summed E-state index contributed by atoms with van der Waals surface area (Å²) in [6.45, 7) is 1.72. The summed E-state index contributed by atoms with van der Waals surface area (Å²) in [6, 6.07) is 2.74. The minimum atomic E-state index is -0.881. The number of benzene rings is 1. The van der Waals surface area contributed by atoms with Crippen molar-refractivity contribution in [2.24, 2.45) is 0 Å². The maximum atomic E-state index is 13.2. The highest BCUT2D eigenvalue weighted by Gasteiger charge is 2.14. The molecule has 1 aromatic heterocycles. The largest absolute Gasteiger partial charge is 0.314 e. The molecule has 0 amide bonds. The van der Waals surface area contributed by atoms with Gasteiger partial charge in [0.05, 0.1) is 5.52 Å². The monoisotopic (exact) mass is 266 g/mol. The number of halogens is 2. The quantitative estimate of drug-likeness (QED) is 0.926. The van der Waals surface area contributed by atoms with E-state index in [9.17, 15) is 8.78 Å². The Morgan fingerprint density at radius 3 is 2.89 bits per heavy atom. The number of rotatable bonds is 3. The predicted molar refractivity (Wildman–Crippen MR) is 67.7 cm³/mol. The lowest BCUT2D eigenvalue weighted by Gasteiger charge is -2.23. The first-order valence-corrected chi connectivity index (χ1v) is 6.65. The first-order chi connectivity index (χ1) is 9.24. The van der Waals surface area contributed by atoms with Crippen molar-refractivity contribution < 1.29 is 8.78 Å². The van der Waals surface area contributed by atoms with Crippen molar-refractivity contribution in [1.29, 1.82) is 0 Å². The Balaban J connectivity index is 1.75. The third kappa shape index (κ3) is 2.58. The molecule has 1 aliphatic rings. The molecule has 2 heterocycles. The van der Waals surface area contributed by atoms with E-state index in [2.05, 4.69) is 15.6 Å². The summed E-state index contributed by atoms with van der Waals surface area (Å²) in [7, 11) is 0. The zero-order valence-electron chi connectivity index (χ0n) is 10.6. The summed E-state index contributed by atoms with van der Waals surface area (Å²) in [4.78, 5) is 0. The Labute approximate surface area is 109 Å². The first-order valence-electron chi connectivity index (χ1n) is 6.65. The van der Waals surface area contributed by atoms with Gasteiger partial charge in [-0.25, -0.2) is 13.5 Å². The van der Waals surface area contributed by atoms with Crippen LogP contribution in [-0.4, -0.2) is 27.6 Å². The van der Waals surface area contributed by atoms with Gasteiger partial charge in [0, 0.05) is 24.7 Å². The fraction of sp³-hybridized carbons (Fsp3) is 0.538. The van der Waals surface area contributed by atoms with Crippen LogP contribution in [0.3, 0.4) is 0 Å². The average molecular weight is 266 g/mol. The van der Waals surface area contributed by atoms with Gasteiger partial charge in [-0.15, -0.1) is 5.10 Å². The second-order valence-electron chi connectivity index (χ2n) is 5.00. The van der Waals surface area contributed by atoms with Crippen LogP contribution in [0.1, 0.15) is 25.7 Å². The van der Waals surface area contributed by atoms with Crippen molar-refractivity contribution >= 4 is 11.0 Å². The van der Waals surface area contributed by atoms with Gasteiger partial charge in [-0.3, -0.25) is 0 Å². The van der Waals surface area contributed by atoms with Crippen LogP contribution < -0.4 is 5.32 Å². The van der Waals surface area contributed by atoms with E-state index < -0.39 is 11.6 Å². The number of fused-ring (bicyclic) bond motifs is 1. The maximum Gasteiger partial charge on any atom is 0.161 e. The lowest BCUT2D eigenvalue weighted by Crippen LogP contribution is -2.34. The molecule has 1 atom stereocenters. The molecule has 2 aromatic rings. The zero-order chi connectivity index (χ0) is 13.2. The Bertz CT molecular complexity index is 575. The highest BCUT2D eigenvalue weighted by atomic mass is 19.2. The molecule has 19 heavy (non-hydrogen) atoms. The molecule has 0 saturated carbocycles. The predicted octanol–water partition coefficient (Wildman–Crippen LogP) is 2.24.